The first-order valence-corrected chi connectivity index (χ1v) is 9.26. The van der Waals surface area contributed by atoms with E-state index < -0.39 is 17.3 Å². The Balaban J connectivity index is 2.37. The zero-order valence-electron chi connectivity index (χ0n) is 17.4. The van der Waals surface area contributed by atoms with E-state index in [4.69, 9.17) is 5.26 Å². The highest BCUT2D eigenvalue weighted by atomic mass is 16.5. The summed E-state index contributed by atoms with van der Waals surface area (Å²) in [4.78, 5) is 40.9. The van der Waals surface area contributed by atoms with Crippen LogP contribution in [0.15, 0.2) is 29.1 Å². The first-order valence-electron chi connectivity index (χ1n) is 9.26. The van der Waals surface area contributed by atoms with Crippen LogP contribution in [0.5, 0.6) is 0 Å². The number of carbonyl (C=O) groups is 2. The SMILES string of the molecule is COC(=O)Nc1cc(C#N)ccc1-c1cc(=O)n(CC(=O)CCC(C)(C)O)c(C)n1. The van der Waals surface area contributed by atoms with E-state index in [0.717, 1.165) is 0 Å². The summed E-state index contributed by atoms with van der Waals surface area (Å²) in [5, 5.41) is 21.4. The predicted molar refractivity (Wildman–Crippen MR) is 110 cm³/mol. The van der Waals surface area contributed by atoms with Gasteiger partial charge in [-0.15, -0.1) is 0 Å². The van der Waals surface area contributed by atoms with E-state index in [0.29, 0.717) is 23.4 Å². The predicted octanol–water partition coefficient (Wildman–Crippen LogP) is 2.39. The van der Waals surface area contributed by atoms with Gasteiger partial charge in [-0.3, -0.25) is 19.5 Å². The lowest BCUT2D eigenvalue weighted by Crippen LogP contribution is -2.28. The average molecular weight is 412 g/mol. The number of Topliss-reactive ketones (excluding diaryl/α,β-unsaturated/α-hetero) is 1. The molecule has 0 aliphatic heterocycles. The van der Waals surface area contributed by atoms with Gasteiger partial charge in [0, 0.05) is 18.1 Å². The molecule has 9 nitrogen and oxygen atoms in total. The molecule has 0 spiro atoms. The topological polar surface area (TPSA) is 134 Å². The number of carbonyl (C=O) groups excluding carboxylic acids is 2. The summed E-state index contributed by atoms with van der Waals surface area (Å²) in [7, 11) is 1.21. The number of nitrogens with zero attached hydrogens (tertiary/aromatic N) is 3. The standard InChI is InChI=1S/C21H24N4O5/c1-13-23-18(10-19(27)25(13)12-15(26)7-8-21(2,3)29)16-6-5-14(11-22)9-17(16)24-20(28)30-4/h5-6,9-10,29H,7-8,12H2,1-4H3,(H,24,28). The fraction of sp³-hybridized carbons (Fsp3) is 0.381. The Labute approximate surface area is 173 Å². The van der Waals surface area contributed by atoms with E-state index in [1.165, 1.54) is 23.8 Å². The number of amides is 1. The molecule has 2 rings (SSSR count). The van der Waals surface area contributed by atoms with Crippen molar-refractivity contribution in [3.63, 3.8) is 0 Å². The number of ketones is 1. The minimum absolute atomic E-state index is 0.139. The zero-order chi connectivity index (χ0) is 22.5. The zero-order valence-corrected chi connectivity index (χ0v) is 17.4. The van der Waals surface area contributed by atoms with Gasteiger partial charge >= 0.3 is 6.09 Å². The third-order valence-corrected chi connectivity index (χ3v) is 4.40. The van der Waals surface area contributed by atoms with Crippen molar-refractivity contribution in [2.45, 2.75) is 45.8 Å². The number of hydrogen-bond acceptors (Lipinski definition) is 7. The number of benzene rings is 1. The van der Waals surface area contributed by atoms with Crippen LogP contribution in [0.1, 0.15) is 38.1 Å². The van der Waals surface area contributed by atoms with E-state index in [1.807, 2.05) is 6.07 Å². The molecule has 0 saturated heterocycles. The largest absolute Gasteiger partial charge is 0.453 e. The normalized spacial score (nSPS) is 10.9. The van der Waals surface area contributed by atoms with Crippen LogP contribution in [0.2, 0.25) is 0 Å². The summed E-state index contributed by atoms with van der Waals surface area (Å²) < 4.78 is 5.86. The van der Waals surface area contributed by atoms with Crippen molar-refractivity contribution in [3.8, 4) is 17.3 Å². The van der Waals surface area contributed by atoms with Gasteiger partial charge in [-0.25, -0.2) is 9.78 Å². The van der Waals surface area contributed by atoms with Crippen molar-refractivity contribution < 1.29 is 19.4 Å². The molecule has 0 aliphatic carbocycles. The number of anilines is 1. The maximum atomic E-state index is 12.6. The minimum atomic E-state index is -0.962. The second-order valence-corrected chi connectivity index (χ2v) is 7.45. The van der Waals surface area contributed by atoms with Crippen LogP contribution in [0.4, 0.5) is 10.5 Å². The van der Waals surface area contributed by atoms with E-state index in [9.17, 15) is 19.5 Å². The van der Waals surface area contributed by atoms with Gasteiger partial charge < -0.3 is 9.84 Å². The van der Waals surface area contributed by atoms with Gasteiger partial charge in [0.25, 0.3) is 5.56 Å². The fourth-order valence-corrected chi connectivity index (χ4v) is 2.75. The van der Waals surface area contributed by atoms with Gasteiger partial charge in [-0.05, 0) is 45.4 Å². The van der Waals surface area contributed by atoms with Crippen LogP contribution in [0, 0.1) is 18.3 Å². The molecule has 2 N–H and O–H groups in total. The third kappa shape index (κ3) is 5.99. The molecule has 30 heavy (non-hydrogen) atoms. The maximum absolute atomic E-state index is 12.6. The Kier molecular flexibility index (Phi) is 7.08. The summed E-state index contributed by atoms with van der Waals surface area (Å²) in [6, 6.07) is 7.81. The number of aryl methyl sites for hydroxylation is 1. The van der Waals surface area contributed by atoms with E-state index >= 15 is 0 Å². The van der Waals surface area contributed by atoms with Gasteiger partial charge in [0.05, 0.1) is 42.3 Å². The Morgan fingerprint density at radius 3 is 2.60 bits per heavy atom. The molecule has 1 amide bonds. The van der Waals surface area contributed by atoms with Crippen LogP contribution in [-0.2, 0) is 16.1 Å². The van der Waals surface area contributed by atoms with Crippen LogP contribution < -0.4 is 10.9 Å². The molecule has 1 heterocycles. The molecule has 9 heteroatoms. The van der Waals surface area contributed by atoms with Gasteiger partial charge in [-0.2, -0.15) is 5.26 Å². The summed E-state index contributed by atoms with van der Waals surface area (Å²) in [6.07, 6.45) is -0.298. The quantitative estimate of drug-likeness (QED) is 0.713. The number of ether oxygens (including phenoxy) is 1. The van der Waals surface area contributed by atoms with Crippen LogP contribution in [0.25, 0.3) is 11.3 Å². The molecule has 0 bridgehead atoms. The number of aromatic nitrogens is 2. The lowest BCUT2D eigenvalue weighted by molar-refractivity contribution is -0.120. The second-order valence-electron chi connectivity index (χ2n) is 7.45. The molecular formula is C21H24N4O5. The number of rotatable bonds is 7. The molecule has 0 atom stereocenters. The highest BCUT2D eigenvalue weighted by Gasteiger charge is 2.18. The smallest absolute Gasteiger partial charge is 0.411 e. The number of aliphatic hydroxyl groups is 1. The number of nitrogens with one attached hydrogen (secondary N) is 1. The highest BCUT2D eigenvalue weighted by Crippen LogP contribution is 2.27. The molecule has 0 aliphatic rings. The third-order valence-electron chi connectivity index (χ3n) is 4.40. The van der Waals surface area contributed by atoms with Crippen LogP contribution >= 0.6 is 0 Å². The van der Waals surface area contributed by atoms with Crippen LogP contribution in [-0.4, -0.2) is 39.2 Å². The summed E-state index contributed by atoms with van der Waals surface area (Å²) in [6.45, 7) is 4.69. The molecule has 158 valence electrons. The molecule has 0 unspecified atom stereocenters. The lowest BCUT2D eigenvalue weighted by atomic mass is 10.0. The van der Waals surface area contributed by atoms with E-state index in [2.05, 4.69) is 15.0 Å². The summed E-state index contributed by atoms with van der Waals surface area (Å²) >= 11 is 0. The number of hydrogen-bond donors (Lipinski definition) is 2. The second kappa shape index (κ2) is 9.33. The van der Waals surface area contributed by atoms with Crippen molar-refractivity contribution in [2.24, 2.45) is 0 Å². The maximum Gasteiger partial charge on any atom is 0.411 e. The van der Waals surface area contributed by atoms with Crippen molar-refractivity contribution in [1.29, 1.82) is 5.26 Å². The molecule has 1 aromatic carbocycles. The number of nitriles is 1. The van der Waals surface area contributed by atoms with Crippen molar-refractivity contribution in [1.82, 2.24) is 9.55 Å². The average Bonchev–Trinajstić information content (AvgIpc) is 2.68. The molecule has 0 radical (unpaired) electrons. The van der Waals surface area contributed by atoms with Crippen molar-refractivity contribution in [3.05, 3.63) is 46.0 Å². The monoisotopic (exact) mass is 412 g/mol. The molecular weight excluding hydrogens is 388 g/mol. The molecule has 0 fully saturated rings. The first kappa shape index (κ1) is 22.8. The number of methoxy groups -OCH3 is 1. The summed E-state index contributed by atoms with van der Waals surface area (Å²) in [5.74, 6) is 0.130. The van der Waals surface area contributed by atoms with Crippen LogP contribution in [0.3, 0.4) is 0 Å². The van der Waals surface area contributed by atoms with Gasteiger partial charge in [-0.1, -0.05) is 0 Å². The fourth-order valence-electron chi connectivity index (χ4n) is 2.75. The minimum Gasteiger partial charge on any atom is -0.453 e. The van der Waals surface area contributed by atoms with Gasteiger partial charge in [0.1, 0.15) is 5.82 Å². The lowest BCUT2D eigenvalue weighted by Gasteiger charge is -2.17. The molecule has 0 saturated carbocycles. The van der Waals surface area contributed by atoms with Gasteiger partial charge in [0.15, 0.2) is 5.78 Å². The Bertz CT molecular complexity index is 1060. The van der Waals surface area contributed by atoms with Crippen molar-refractivity contribution in [2.75, 3.05) is 12.4 Å². The molecule has 1 aromatic heterocycles. The Morgan fingerprint density at radius 1 is 1.33 bits per heavy atom. The highest BCUT2D eigenvalue weighted by molar-refractivity contribution is 5.91. The van der Waals surface area contributed by atoms with Gasteiger partial charge in [0.2, 0.25) is 0 Å². The first-order chi connectivity index (χ1) is 14.0. The summed E-state index contributed by atoms with van der Waals surface area (Å²) in [5.41, 5.74) is -0.0915. The molecule has 2 aromatic rings. The Morgan fingerprint density at radius 2 is 2.03 bits per heavy atom. The van der Waals surface area contributed by atoms with E-state index in [-0.39, 0.29) is 30.1 Å². The van der Waals surface area contributed by atoms with E-state index in [1.54, 1.807) is 32.9 Å². The van der Waals surface area contributed by atoms with Crippen molar-refractivity contribution >= 4 is 17.6 Å². The Hall–Kier alpha value is -3.51.